The Morgan fingerprint density at radius 3 is 2.87 bits per heavy atom. The second kappa shape index (κ2) is 4.41. The van der Waals surface area contributed by atoms with Gasteiger partial charge in [-0.25, -0.2) is 0 Å². The highest BCUT2D eigenvalue weighted by atomic mass is 14.7. The Morgan fingerprint density at radius 2 is 2.07 bits per heavy atom. The molecule has 2 nitrogen and oxygen atoms in total. The second-order valence-electron chi connectivity index (χ2n) is 3.90. The molecule has 0 aliphatic heterocycles. The summed E-state index contributed by atoms with van der Waals surface area (Å²) in [6.45, 7) is 2.93. The summed E-state index contributed by atoms with van der Waals surface area (Å²) < 4.78 is 0. The molecule has 1 unspecified atom stereocenters. The van der Waals surface area contributed by atoms with E-state index in [0.29, 0.717) is 5.92 Å². The van der Waals surface area contributed by atoms with Crippen LogP contribution in [-0.4, -0.2) is 11.5 Å². The average molecular weight is 200 g/mol. The van der Waals surface area contributed by atoms with Gasteiger partial charge in [-0.3, -0.25) is 4.98 Å². The van der Waals surface area contributed by atoms with Gasteiger partial charge >= 0.3 is 0 Å². The summed E-state index contributed by atoms with van der Waals surface area (Å²) in [5, 5.41) is 1.21. The van der Waals surface area contributed by atoms with E-state index in [-0.39, 0.29) is 0 Å². The first kappa shape index (κ1) is 10.1. The average Bonchev–Trinajstić information content (AvgIpc) is 2.28. The minimum absolute atomic E-state index is 0.480. The molecule has 0 spiro atoms. The first-order chi connectivity index (χ1) is 7.33. The topological polar surface area (TPSA) is 38.9 Å². The van der Waals surface area contributed by atoms with Gasteiger partial charge in [-0.05, 0) is 30.5 Å². The summed E-state index contributed by atoms with van der Waals surface area (Å²) in [5.74, 6) is 0.480. The van der Waals surface area contributed by atoms with E-state index in [1.165, 1.54) is 10.9 Å². The summed E-state index contributed by atoms with van der Waals surface area (Å²) in [7, 11) is 0. The standard InChI is InChI=1S/C13H16N2/c1-10(7-8-14)12-6-2-4-11-5-3-9-15-13(11)12/h2-6,9-10H,7-8,14H2,1H3. The fourth-order valence-electron chi connectivity index (χ4n) is 1.93. The Balaban J connectivity index is 2.50. The summed E-state index contributed by atoms with van der Waals surface area (Å²) in [4.78, 5) is 4.44. The quantitative estimate of drug-likeness (QED) is 0.827. The SMILES string of the molecule is CC(CCN)c1cccc2cccnc12. The lowest BCUT2D eigenvalue weighted by Crippen LogP contribution is -2.05. The summed E-state index contributed by atoms with van der Waals surface area (Å²) in [6.07, 6.45) is 2.86. The van der Waals surface area contributed by atoms with Gasteiger partial charge in [-0.2, -0.15) is 0 Å². The molecule has 0 saturated carbocycles. The van der Waals surface area contributed by atoms with Gasteiger partial charge in [-0.1, -0.05) is 31.2 Å². The van der Waals surface area contributed by atoms with Crippen molar-refractivity contribution in [3.63, 3.8) is 0 Å². The van der Waals surface area contributed by atoms with Crippen LogP contribution in [0.1, 0.15) is 24.8 Å². The highest BCUT2D eigenvalue weighted by molar-refractivity contribution is 5.81. The van der Waals surface area contributed by atoms with Crippen LogP contribution in [0.2, 0.25) is 0 Å². The third-order valence-electron chi connectivity index (χ3n) is 2.79. The first-order valence-electron chi connectivity index (χ1n) is 5.36. The molecule has 1 atom stereocenters. The molecular formula is C13H16N2. The Hall–Kier alpha value is -1.41. The molecule has 0 fully saturated rings. The van der Waals surface area contributed by atoms with Gasteiger partial charge < -0.3 is 5.73 Å². The molecule has 15 heavy (non-hydrogen) atoms. The number of para-hydroxylation sites is 1. The molecule has 1 aromatic carbocycles. The molecule has 1 heterocycles. The van der Waals surface area contributed by atoms with Gasteiger partial charge in [0.05, 0.1) is 5.52 Å². The lowest BCUT2D eigenvalue weighted by Gasteiger charge is -2.12. The molecule has 0 aliphatic carbocycles. The molecule has 2 heteroatoms. The second-order valence-corrected chi connectivity index (χ2v) is 3.90. The van der Waals surface area contributed by atoms with Crippen molar-refractivity contribution in [2.75, 3.05) is 6.54 Å². The van der Waals surface area contributed by atoms with E-state index < -0.39 is 0 Å². The van der Waals surface area contributed by atoms with Crippen molar-refractivity contribution in [3.8, 4) is 0 Å². The number of benzene rings is 1. The molecule has 0 aliphatic rings. The minimum atomic E-state index is 0.480. The number of aromatic nitrogens is 1. The number of fused-ring (bicyclic) bond motifs is 1. The van der Waals surface area contributed by atoms with Crippen LogP contribution in [0.3, 0.4) is 0 Å². The van der Waals surface area contributed by atoms with Crippen molar-refractivity contribution >= 4 is 10.9 Å². The smallest absolute Gasteiger partial charge is 0.0736 e. The van der Waals surface area contributed by atoms with E-state index in [0.717, 1.165) is 18.5 Å². The number of nitrogens with zero attached hydrogens (tertiary/aromatic N) is 1. The van der Waals surface area contributed by atoms with Crippen molar-refractivity contribution in [1.82, 2.24) is 4.98 Å². The van der Waals surface area contributed by atoms with Crippen LogP contribution in [0, 0.1) is 0 Å². The fraction of sp³-hybridized carbons (Fsp3) is 0.308. The van der Waals surface area contributed by atoms with E-state index in [1.54, 1.807) is 0 Å². The summed E-state index contributed by atoms with van der Waals surface area (Å²) >= 11 is 0. The van der Waals surface area contributed by atoms with Gasteiger partial charge in [0, 0.05) is 11.6 Å². The molecule has 0 radical (unpaired) electrons. The van der Waals surface area contributed by atoms with Crippen molar-refractivity contribution in [1.29, 1.82) is 0 Å². The largest absolute Gasteiger partial charge is 0.330 e. The van der Waals surface area contributed by atoms with E-state index in [4.69, 9.17) is 5.73 Å². The number of hydrogen-bond acceptors (Lipinski definition) is 2. The third-order valence-corrected chi connectivity index (χ3v) is 2.79. The minimum Gasteiger partial charge on any atom is -0.330 e. The van der Waals surface area contributed by atoms with Crippen molar-refractivity contribution in [2.24, 2.45) is 5.73 Å². The van der Waals surface area contributed by atoms with Gasteiger partial charge in [-0.15, -0.1) is 0 Å². The molecule has 1 aromatic heterocycles. The maximum Gasteiger partial charge on any atom is 0.0736 e. The molecular weight excluding hydrogens is 184 g/mol. The Kier molecular flexibility index (Phi) is 2.97. The van der Waals surface area contributed by atoms with Crippen LogP contribution in [0.5, 0.6) is 0 Å². The van der Waals surface area contributed by atoms with Crippen LogP contribution in [0.25, 0.3) is 10.9 Å². The van der Waals surface area contributed by atoms with Crippen molar-refractivity contribution in [2.45, 2.75) is 19.3 Å². The first-order valence-corrected chi connectivity index (χ1v) is 5.36. The van der Waals surface area contributed by atoms with Crippen molar-refractivity contribution < 1.29 is 0 Å². The van der Waals surface area contributed by atoms with E-state index in [1.807, 2.05) is 12.3 Å². The molecule has 0 bridgehead atoms. The molecule has 78 valence electrons. The zero-order valence-electron chi connectivity index (χ0n) is 8.98. The highest BCUT2D eigenvalue weighted by Gasteiger charge is 2.08. The normalized spacial score (nSPS) is 12.9. The Morgan fingerprint density at radius 1 is 1.27 bits per heavy atom. The fourth-order valence-corrected chi connectivity index (χ4v) is 1.93. The predicted molar refractivity (Wildman–Crippen MR) is 63.8 cm³/mol. The van der Waals surface area contributed by atoms with Gasteiger partial charge in [0.25, 0.3) is 0 Å². The number of pyridine rings is 1. The number of rotatable bonds is 3. The van der Waals surface area contributed by atoms with Crippen LogP contribution in [-0.2, 0) is 0 Å². The van der Waals surface area contributed by atoms with Crippen LogP contribution >= 0.6 is 0 Å². The lowest BCUT2D eigenvalue weighted by molar-refractivity contribution is 0.694. The van der Waals surface area contributed by atoms with Gasteiger partial charge in [0.1, 0.15) is 0 Å². The maximum atomic E-state index is 5.59. The Labute approximate surface area is 90.1 Å². The van der Waals surface area contributed by atoms with Crippen LogP contribution in [0.15, 0.2) is 36.5 Å². The molecule has 2 N–H and O–H groups in total. The third kappa shape index (κ3) is 2.00. The summed E-state index contributed by atoms with van der Waals surface area (Å²) in [6, 6.07) is 10.4. The zero-order chi connectivity index (χ0) is 10.7. The van der Waals surface area contributed by atoms with Gasteiger partial charge in [0.2, 0.25) is 0 Å². The van der Waals surface area contributed by atoms with Gasteiger partial charge in [0.15, 0.2) is 0 Å². The molecule has 0 saturated heterocycles. The van der Waals surface area contributed by atoms with Crippen molar-refractivity contribution in [3.05, 3.63) is 42.1 Å². The van der Waals surface area contributed by atoms with E-state index in [2.05, 4.69) is 36.2 Å². The molecule has 0 amide bonds. The van der Waals surface area contributed by atoms with E-state index in [9.17, 15) is 0 Å². The summed E-state index contributed by atoms with van der Waals surface area (Å²) in [5.41, 5.74) is 8.01. The maximum absolute atomic E-state index is 5.59. The van der Waals surface area contributed by atoms with Crippen LogP contribution < -0.4 is 5.73 Å². The van der Waals surface area contributed by atoms with E-state index >= 15 is 0 Å². The monoisotopic (exact) mass is 200 g/mol. The number of nitrogens with two attached hydrogens (primary N) is 1. The molecule has 2 rings (SSSR count). The Bertz CT molecular complexity index is 446. The molecule has 2 aromatic rings. The van der Waals surface area contributed by atoms with Crippen LogP contribution in [0.4, 0.5) is 0 Å². The zero-order valence-corrected chi connectivity index (χ0v) is 8.98. The number of hydrogen-bond donors (Lipinski definition) is 1. The predicted octanol–water partition coefficient (Wildman–Crippen LogP) is 2.69. The highest BCUT2D eigenvalue weighted by Crippen LogP contribution is 2.25. The lowest BCUT2D eigenvalue weighted by atomic mass is 9.95.